The molecule has 19 heavy (non-hydrogen) atoms. The van der Waals surface area contributed by atoms with Gasteiger partial charge in [-0.1, -0.05) is 12.1 Å². The summed E-state index contributed by atoms with van der Waals surface area (Å²) < 4.78 is 5.11. The summed E-state index contributed by atoms with van der Waals surface area (Å²) >= 11 is 0. The lowest BCUT2D eigenvalue weighted by molar-refractivity contribution is 0.262. The van der Waals surface area contributed by atoms with Crippen molar-refractivity contribution < 1.29 is 9.53 Å². The molecule has 2 aromatic rings. The number of nitrogens with one attached hydrogen (secondary N) is 3. The highest BCUT2D eigenvalue weighted by molar-refractivity contribution is 6.00. The molecular formula is C12H12N4O3. The molecule has 7 heteroatoms. The van der Waals surface area contributed by atoms with Crippen molar-refractivity contribution >= 4 is 17.5 Å². The normalized spacial score (nSPS) is 9.74. The van der Waals surface area contributed by atoms with Gasteiger partial charge in [-0.2, -0.15) is 5.10 Å². The van der Waals surface area contributed by atoms with Crippen molar-refractivity contribution in [2.75, 3.05) is 17.7 Å². The fourth-order valence-corrected chi connectivity index (χ4v) is 1.43. The highest BCUT2D eigenvalue weighted by Gasteiger charge is 2.07. The predicted molar refractivity (Wildman–Crippen MR) is 70.5 cm³/mol. The van der Waals surface area contributed by atoms with E-state index in [2.05, 4.69) is 20.8 Å². The van der Waals surface area contributed by atoms with Crippen LogP contribution in [0.3, 0.4) is 0 Å². The number of para-hydroxylation sites is 2. The van der Waals surface area contributed by atoms with Gasteiger partial charge in [-0.25, -0.2) is 9.89 Å². The van der Waals surface area contributed by atoms with Gasteiger partial charge in [0, 0.05) is 6.07 Å². The Bertz CT molecular complexity index is 618. The summed E-state index contributed by atoms with van der Waals surface area (Å²) in [7, 11) is 1.52. The van der Waals surface area contributed by atoms with Crippen LogP contribution in [0.4, 0.5) is 16.3 Å². The SMILES string of the molecule is COc1ccccc1NC(=O)Nc1ccc(=O)[nH]n1. The quantitative estimate of drug-likeness (QED) is 0.777. The maximum atomic E-state index is 11.7. The average molecular weight is 260 g/mol. The summed E-state index contributed by atoms with van der Waals surface area (Å²) in [5, 5.41) is 11.0. The Hall–Kier alpha value is -2.83. The maximum absolute atomic E-state index is 11.7. The molecule has 0 aliphatic heterocycles. The zero-order valence-electron chi connectivity index (χ0n) is 10.1. The van der Waals surface area contributed by atoms with E-state index < -0.39 is 6.03 Å². The molecule has 2 rings (SSSR count). The maximum Gasteiger partial charge on any atom is 0.325 e. The van der Waals surface area contributed by atoms with Gasteiger partial charge in [0.25, 0.3) is 5.56 Å². The summed E-state index contributed by atoms with van der Waals surface area (Å²) in [5.41, 5.74) is 0.197. The smallest absolute Gasteiger partial charge is 0.325 e. The average Bonchev–Trinajstić information content (AvgIpc) is 2.42. The number of carbonyl (C=O) groups excluding carboxylic acids is 1. The lowest BCUT2D eigenvalue weighted by Crippen LogP contribution is -2.21. The molecule has 0 atom stereocenters. The number of methoxy groups -OCH3 is 1. The minimum atomic E-state index is -0.482. The number of anilines is 2. The molecule has 0 fully saturated rings. The van der Waals surface area contributed by atoms with Crippen molar-refractivity contribution in [2.24, 2.45) is 0 Å². The molecule has 0 saturated heterocycles. The van der Waals surface area contributed by atoms with Crippen LogP contribution in [0.2, 0.25) is 0 Å². The van der Waals surface area contributed by atoms with Gasteiger partial charge in [0.2, 0.25) is 0 Å². The van der Waals surface area contributed by atoms with E-state index in [1.807, 2.05) is 0 Å². The van der Waals surface area contributed by atoms with E-state index in [1.54, 1.807) is 24.3 Å². The molecule has 1 aromatic heterocycles. The van der Waals surface area contributed by atoms with Gasteiger partial charge < -0.3 is 10.1 Å². The highest BCUT2D eigenvalue weighted by atomic mass is 16.5. The van der Waals surface area contributed by atoms with E-state index >= 15 is 0 Å². The summed E-state index contributed by atoms with van der Waals surface area (Å²) in [6, 6.07) is 9.20. The first kappa shape index (κ1) is 12.6. The van der Waals surface area contributed by atoms with Gasteiger partial charge in [0.15, 0.2) is 5.82 Å². The van der Waals surface area contributed by atoms with Crippen molar-refractivity contribution in [3.8, 4) is 5.75 Å². The first-order valence-corrected chi connectivity index (χ1v) is 5.46. The van der Waals surface area contributed by atoms with Crippen LogP contribution >= 0.6 is 0 Å². The Morgan fingerprint density at radius 3 is 2.68 bits per heavy atom. The Morgan fingerprint density at radius 2 is 2.00 bits per heavy atom. The Morgan fingerprint density at radius 1 is 1.21 bits per heavy atom. The van der Waals surface area contributed by atoms with Crippen LogP contribution in [0, 0.1) is 0 Å². The number of nitrogens with zero attached hydrogens (tertiary/aromatic N) is 1. The molecule has 0 saturated carbocycles. The van der Waals surface area contributed by atoms with Crippen LogP contribution in [-0.4, -0.2) is 23.3 Å². The monoisotopic (exact) mass is 260 g/mol. The van der Waals surface area contributed by atoms with Crippen LogP contribution in [0.15, 0.2) is 41.2 Å². The Kier molecular flexibility index (Phi) is 3.77. The molecule has 0 radical (unpaired) electrons. The summed E-state index contributed by atoms with van der Waals surface area (Å²) in [6.45, 7) is 0. The van der Waals surface area contributed by atoms with E-state index in [9.17, 15) is 9.59 Å². The van der Waals surface area contributed by atoms with E-state index in [-0.39, 0.29) is 11.4 Å². The molecule has 1 aromatic carbocycles. The molecule has 0 unspecified atom stereocenters. The molecule has 98 valence electrons. The molecule has 7 nitrogen and oxygen atoms in total. The van der Waals surface area contributed by atoms with Crippen LogP contribution in [0.1, 0.15) is 0 Å². The van der Waals surface area contributed by atoms with E-state index in [0.717, 1.165) is 0 Å². The molecule has 2 amide bonds. The molecular weight excluding hydrogens is 248 g/mol. The Labute approximate surface area is 108 Å². The molecule has 0 bridgehead atoms. The number of ether oxygens (including phenoxy) is 1. The number of carbonyl (C=O) groups is 1. The third-order valence-electron chi connectivity index (χ3n) is 2.28. The number of amides is 2. The third kappa shape index (κ3) is 3.32. The molecule has 0 aliphatic carbocycles. The number of benzene rings is 1. The lowest BCUT2D eigenvalue weighted by atomic mass is 10.3. The topological polar surface area (TPSA) is 96.1 Å². The van der Waals surface area contributed by atoms with E-state index in [0.29, 0.717) is 11.4 Å². The summed E-state index contributed by atoms with van der Waals surface area (Å²) in [6.07, 6.45) is 0. The van der Waals surface area contributed by atoms with Crippen molar-refractivity contribution in [2.45, 2.75) is 0 Å². The molecule has 0 spiro atoms. The van der Waals surface area contributed by atoms with Crippen molar-refractivity contribution in [1.29, 1.82) is 0 Å². The number of H-pyrrole nitrogens is 1. The van der Waals surface area contributed by atoms with Gasteiger partial charge >= 0.3 is 6.03 Å². The summed E-state index contributed by atoms with van der Waals surface area (Å²) in [4.78, 5) is 22.5. The third-order valence-corrected chi connectivity index (χ3v) is 2.28. The van der Waals surface area contributed by atoms with Crippen LogP contribution in [-0.2, 0) is 0 Å². The fourth-order valence-electron chi connectivity index (χ4n) is 1.43. The van der Waals surface area contributed by atoms with E-state index in [1.165, 1.54) is 19.2 Å². The zero-order valence-corrected chi connectivity index (χ0v) is 10.1. The van der Waals surface area contributed by atoms with Crippen LogP contribution in [0.5, 0.6) is 5.75 Å². The highest BCUT2D eigenvalue weighted by Crippen LogP contribution is 2.22. The number of aromatic nitrogens is 2. The standard InChI is InChI=1S/C12H12N4O3/c1-19-9-5-3-2-4-8(9)13-12(18)14-10-6-7-11(17)16-15-10/h2-7H,1H3,(H,16,17)(H2,13,14,15,18). The fraction of sp³-hybridized carbons (Fsp3) is 0.0833. The first-order valence-electron chi connectivity index (χ1n) is 5.46. The van der Waals surface area contributed by atoms with Crippen molar-refractivity contribution in [3.05, 3.63) is 46.8 Å². The second-order valence-electron chi connectivity index (χ2n) is 3.59. The summed E-state index contributed by atoms with van der Waals surface area (Å²) in [5.74, 6) is 0.791. The van der Waals surface area contributed by atoms with Gasteiger partial charge in [0.05, 0.1) is 12.8 Å². The largest absolute Gasteiger partial charge is 0.495 e. The molecule has 3 N–H and O–H groups in total. The number of aromatic amines is 1. The van der Waals surface area contributed by atoms with Gasteiger partial charge in [-0.3, -0.25) is 10.1 Å². The minimum Gasteiger partial charge on any atom is -0.495 e. The zero-order chi connectivity index (χ0) is 13.7. The van der Waals surface area contributed by atoms with Crippen LogP contribution < -0.4 is 20.9 Å². The number of rotatable bonds is 3. The first-order chi connectivity index (χ1) is 9.19. The van der Waals surface area contributed by atoms with Crippen LogP contribution in [0.25, 0.3) is 0 Å². The van der Waals surface area contributed by atoms with Gasteiger partial charge in [-0.05, 0) is 18.2 Å². The van der Waals surface area contributed by atoms with E-state index in [4.69, 9.17) is 4.74 Å². The molecule has 1 heterocycles. The lowest BCUT2D eigenvalue weighted by Gasteiger charge is -2.10. The second-order valence-corrected chi connectivity index (χ2v) is 3.59. The van der Waals surface area contributed by atoms with Gasteiger partial charge in [-0.15, -0.1) is 0 Å². The Balaban J connectivity index is 2.05. The number of urea groups is 1. The van der Waals surface area contributed by atoms with Crippen molar-refractivity contribution in [1.82, 2.24) is 10.2 Å². The number of hydrogen-bond donors (Lipinski definition) is 3. The van der Waals surface area contributed by atoms with Gasteiger partial charge in [0.1, 0.15) is 5.75 Å². The molecule has 0 aliphatic rings. The number of hydrogen-bond acceptors (Lipinski definition) is 4. The minimum absolute atomic E-state index is 0.243. The van der Waals surface area contributed by atoms with Crippen molar-refractivity contribution in [3.63, 3.8) is 0 Å². The second kappa shape index (κ2) is 5.67. The predicted octanol–water partition coefficient (Wildman–Crippen LogP) is 1.42.